The Labute approximate surface area is 187 Å². The van der Waals surface area contributed by atoms with Crippen molar-refractivity contribution in [2.75, 3.05) is 19.9 Å². The van der Waals surface area contributed by atoms with E-state index in [1.54, 1.807) is 0 Å². The van der Waals surface area contributed by atoms with Crippen LogP contribution in [0.5, 0.6) is 11.5 Å². The van der Waals surface area contributed by atoms with Gasteiger partial charge in [-0.15, -0.1) is 0 Å². The number of hydrogen-bond donors (Lipinski definition) is 0. The maximum Gasteiger partial charge on any atom is 0.254 e. The van der Waals surface area contributed by atoms with Crippen molar-refractivity contribution in [1.29, 1.82) is 0 Å². The van der Waals surface area contributed by atoms with Gasteiger partial charge in [-0.05, 0) is 66.7 Å². The molecule has 1 aromatic heterocycles. The fourth-order valence-corrected chi connectivity index (χ4v) is 4.91. The molecule has 5 heteroatoms. The van der Waals surface area contributed by atoms with Gasteiger partial charge in [-0.25, -0.2) is 4.98 Å². The monoisotopic (exact) mass is 424 g/mol. The highest BCUT2D eigenvalue weighted by Crippen LogP contribution is 2.39. The summed E-state index contributed by atoms with van der Waals surface area (Å²) in [5.41, 5.74) is 7.16. The molecule has 0 spiro atoms. The molecule has 1 saturated heterocycles. The van der Waals surface area contributed by atoms with Crippen LogP contribution in [-0.2, 0) is 6.42 Å². The van der Waals surface area contributed by atoms with E-state index in [-0.39, 0.29) is 12.7 Å². The van der Waals surface area contributed by atoms with Crippen LogP contribution < -0.4 is 9.47 Å². The van der Waals surface area contributed by atoms with Crippen molar-refractivity contribution in [1.82, 2.24) is 9.88 Å². The van der Waals surface area contributed by atoms with Gasteiger partial charge in [-0.1, -0.05) is 36.4 Å². The summed E-state index contributed by atoms with van der Waals surface area (Å²) in [5.74, 6) is 1.67. The van der Waals surface area contributed by atoms with Crippen LogP contribution >= 0.6 is 0 Å². The van der Waals surface area contributed by atoms with Gasteiger partial charge in [0.1, 0.15) is 0 Å². The zero-order chi connectivity index (χ0) is 21.7. The van der Waals surface area contributed by atoms with E-state index in [1.165, 1.54) is 5.57 Å². The molecule has 0 atom stereocenters. The Morgan fingerprint density at radius 2 is 1.81 bits per heavy atom. The molecule has 0 radical (unpaired) electrons. The van der Waals surface area contributed by atoms with Crippen molar-refractivity contribution in [3.8, 4) is 11.5 Å². The van der Waals surface area contributed by atoms with Crippen molar-refractivity contribution in [2.45, 2.75) is 25.7 Å². The number of amides is 1. The number of aromatic nitrogens is 1. The molecule has 0 unspecified atom stereocenters. The third-order valence-electron chi connectivity index (χ3n) is 6.65. The summed E-state index contributed by atoms with van der Waals surface area (Å²) in [4.78, 5) is 20.7. The minimum Gasteiger partial charge on any atom is -0.454 e. The number of pyridine rings is 1. The number of nitrogens with zero attached hydrogens (tertiary/aromatic N) is 2. The van der Waals surface area contributed by atoms with E-state index in [0.717, 1.165) is 89.1 Å². The lowest BCUT2D eigenvalue weighted by Gasteiger charge is -2.29. The zero-order valence-electron chi connectivity index (χ0n) is 17.9. The Morgan fingerprint density at radius 3 is 2.69 bits per heavy atom. The van der Waals surface area contributed by atoms with Gasteiger partial charge in [0.05, 0.1) is 16.8 Å². The predicted molar refractivity (Wildman–Crippen MR) is 125 cm³/mol. The van der Waals surface area contributed by atoms with Gasteiger partial charge in [0.15, 0.2) is 11.5 Å². The summed E-state index contributed by atoms with van der Waals surface area (Å²) in [6, 6.07) is 14.0. The lowest BCUT2D eigenvalue weighted by Crippen LogP contribution is -2.36. The third kappa shape index (κ3) is 3.16. The molecule has 1 amide bonds. The van der Waals surface area contributed by atoms with Gasteiger partial charge in [0.2, 0.25) is 6.79 Å². The predicted octanol–water partition coefficient (Wildman–Crippen LogP) is 5.24. The fraction of sp³-hybridized carbons (Fsp3) is 0.259. The molecule has 5 nitrogen and oxygen atoms in total. The number of rotatable bonds is 2. The smallest absolute Gasteiger partial charge is 0.254 e. The van der Waals surface area contributed by atoms with Crippen molar-refractivity contribution < 1.29 is 14.3 Å². The number of hydrogen-bond acceptors (Lipinski definition) is 4. The number of carbonyl (C=O) groups excluding carboxylic acids is 1. The summed E-state index contributed by atoms with van der Waals surface area (Å²) < 4.78 is 11.0. The second-order valence-electron chi connectivity index (χ2n) is 8.66. The Balaban J connectivity index is 1.45. The van der Waals surface area contributed by atoms with E-state index in [2.05, 4.69) is 12.7 Å². The quantitative estimate of drug-likeness (QED) is 0.528. The number of allylic oxidation sites excluding steroid dienone is 1. The van der Waals surface area contributed by atoms with Gasteiger partial charge in [0.25, 0.3) is 5.91 Å². The Bertz CT molecular complexity index is 1300. The van der Waals surface area contributed by atoms with Crippen molar-refractivity contribution in [3.63, 3.8) is 0 Å². The summed E-state index contributed by atoms with van der Waals surface area (Å²) in [7, 11) is 0. The van der Waals surface area contributed by atoms with Gasteiger partial charge in [-0.3, -0.25) is 4.79 Å². The number of para-hydroxylation sites is 1. The minimum absolute atomic E-state index is 0.122. The van der Waals surface area contributed by atoms with Crippen LogP contribution in [0.25, 0.3) is 22.6 Å². The first-order valence-corrected chi connectivity index (χ1v) is 11.2. The molecule has 1 aliphatic carbocycles. The summed E-state index contributed by atoms with van der Waals surface area (Å²) in [6.45, 7) is 5.83. The lowest BCUT2D eigenvalue weighted by molar-refractivity contribution is 0.0744. The molecule has 6 rings (SSSR count). The van der Waals surface area contributed by atoms with E-state index in [4.69, 9.17) is 14.5 Å². The summed E-state index contributed by atoms with van der Waals surface area (Å²) in [6.07, 6.45) is 5.61. The summed E-state index contributed by atoms with van der Waals surface area (Å²) >= 11 is 0. The first kappa shape index (κ1) is 19.1. The highest BCUT2D eigenvalue weighted by Gasteiger charge is 2.30. The van der Waals surface area contributed by atoms with Crippen molar-refractivity contribution in [2.24, 2.45) is 0 Å². The number of piperidine rings is 1. The number of carbonyl (C=O) groups is 1. The number of benzene rings is 2. The van der Waals surface area contributed by atoms with Crippen LogP contribution in [-0.4, -0.2) is 35.7 Å². The Kier molecular flexibility index (Phi) is 4.49. The third-order valence-corrected chi connectivity index (χ3v) is 6.65. The van der Waals surface area contributed by atoms with Crippen LogP contribution in [0.1, 0.15) is 46.4 Å². The van der Waals surface area contributed by atoms with E-state index in [0.29, 0.717) is 0 Å². The van der Waals surface area contributed by atoms with E-state index in [9.17, 15) is 4.79 Å². The zero-order valence-corrected chi connectivity index (χ0v) is 17.9. The Hall–Kier alpha value is -3.60. The molecule has 2 aromatic carbocycles. The summed E-state index contributed by atoms with van der Waals surface area (Å²) in [5, 5.41) is 0.949. The fourth-order valence-electron chi connectivity index (χ4n) is 4.91. The second kappa shape index (κ2) is 7.52. The second-order valence-corrected chi connectivity index (χ2v) is 8.66. The number of likely N-dealkylation sites (tertiary alicyclic amines) is 1. The van der Waals surface area contributed by atoms with Crippen LogP contribution in [0.2, 0.25) is 0 Å². The average molecular weight is 425 g/mol. The molecule has 0 saturated carbocycles. The Morgan fingerprint density at radius 1 is 1.00 bits per heavy atom. The lowest BCUT2D eigenvalue weighted by atomic mass is 9.98. The molecule has 1 fully saturated rings. The normalized spacial score (nSPS) is 18.4. The molecule has 3 aromatic rings. The standard InChI is InChI=1S/C27H24N2O3/c1-17-10-12-29(13-11-17)27(30)25-20-4-2-3-5-22(20)28-26-19(7-8-21(25)26)14-18-6-9-23-24(15-18)32-16-31-23/h2-6,9,14-15H,1,7-8,10-13,16H2/b19-14-. The molecular formula is C27H24N2O3. The molecule has 0 N–H and O–H groups in total. The topological polar surface area (TPSA) is 51.7 Å². The molecule has 2 aliphatic heterocycles. The van der Waals surface area contributed by atoms with E-state index in [1.807, 2.05) is 47.4 Å². The van der Waals surface area contributed by atoms with Crippen molar-refractivity contribution in [3.05, 3.63) is 77.0 Å². The molecule has 3 aliphatic rings. The van der Waals surface area contributed by atoms with Crippen LogP contribution in [0.3, 0.4) is 0 Å². The molecule has 0 bridgehead atoms. The molecule has 160 valence electrons. The number of fused-ring (bicyclic) bond motifs is 3. The highest BCUT2D eigenvalue weighted by molar-refractivity contribution is 6.09. The highest BCUT2D eigenvalue weighted by atomic mass is 16.7. The first-order chi connectivity index (χ1) is 15.7. The molecule has 3 heterocycles. The van der Waals surface area contributed by atoms with Gasteiger partial charge in [0, 0.05) is 18.5 Å². The van der Waals surface area contributed by atoms with Gasteiger partial charge < -0.3 is 14.4 Å². The van der Waals surface area contributed by atoms with Crippen LogP contribution in [0, 0.1) is 0 Å². The van der Waals surface area contributed by atoms with Crippen LogP contribution in [0.15, 0.2) is 54.6 Å². The number of ether oxygens (including phenoxy) is 2. The van der Waals surface area contributed by atoms with E-state index < -0.39 is 0 Å². The molecule has 32 heavy (non-hydrogen) atoms. The van der Waals surface area contributed by atoms with Crippen LogP contribution in [0.4, 0.5) is 0 Å². The molecular weight excluding hydrogens is 400 g/mol. The van der Waals surface area contributed by atoms with Gasteiger partial charge >= 0.3 is 0 Å². The van der Waals surface area contributed by atoms with Crippen molar-refractivity contribution >= 4 is 28.5 Å². The maximum absolute atomic E-state index is 13.7. The first-order valence-electron chi connectivity index (χ1n) is 11.2. The van der Waals surface area contributed by atoms with Gasteiger partial charge in [-0.2, -0.15) is 0 Å². The maximum atomic E-state index is 13.7. The largest absolute Gasteiger partial charge is 0.454 e. The van der Waals surface area contributed by atoms with E-state index >= 15 is 0 Å². The SMILES string of the molecule is C=C1CCN(C(=O)c2c3c(nc4ccccc24)/C(=C\c2ccc4c(c2)OCO4)CC3)CC1. The average Bonchev–Trinajstić information content (AvgIpc) is 3.44. The minimum atomic E-state index is 0.122.